The highest BCUT2D eigenvalue weighted by Crippen LogP contribution is 2.50. The number of carboxylic acid groups (broad SMARTS) is 1. The second-order valence-electron chi connectivity index (χ2n) is 8.40. The Labute approximate surface area is 196 Å². The van der Waals surface area contributed by atoms with Gasteiger partial charge in [-0.1, -0.05) is 67.6 Å². The number of nitrogens with one attached hydrogen (secondary N) is 1. The summed E-state index contributed by atoms with van der Waals surface area (Å²) in [6.07, 6.45) is 0.530. The zero-order valence-electron chi connectivity index (χ0n) is 18.5. The Hall–Kier alpha value is -3.97. The van der Waals surface area contributed by atoms with E-state index in [1.54, 1.807) is 12.1 Å². The Morgan fingerprint density at radius 2 is 1.59 bits per heavy atom. The molecule has 7 heteroatoms. The number of anilines is 1. The maximum Gasteiger partial charge on any atom is 0.360 e. The van der Waals surface area contributed by atoms with Gasteiger partial charge >= 0.3 is 5.97 Å². The van der Waals surface area contributed by atoms with Crippen molar-refractivity contribution >= 4 is 11.8 Å². The van der Waals surface area contributed by atoms with E-state index in [2.05, 4.69) is 10.4 Å². The average molecular weight is 458 g/mol. The molecule has 0 saturated carbocycles. The monoisotopic (exact) mass is 457 g/mol. The molecular formula is C27H24FN3O3. The summed E-state index contributed by atoms with van der Waals surface area (Å²) in [5.74, 6) is -2.22. The predicted molar refractivity (Wildman–Crippen MR) is 127 cm³/mol. The van der Waals surface area contributed by atoms with Gasteiger partial charge in [0.05, 0.1) is 17.7 Å². The van der Waals surface area contributed by atoms with Gasteiger partial charge in [0, 0.05) is 11.1 Å². The summed E-state index contributed by atoms with van der Waals surface area (Å²) >= 11 is 0. The first kappa shape index (κ1) is 21.9. The quantitative estimate of drug-likeness (QED) is 0.396. The predicted octanol–water partition coefficient (Wildman–Crippen LogP) is 4.93. The van der Waals surface area contributed by atoms with Gasteiger partial charge in [-0.3, -0.25) is 0 Å². The van der Waals surface area contributed by atoms with E-state index in [1.165, 1.54) is 16.8 Å². The highest BCUT2D eigenvalue weighted by molar-refractivity contribution is 5.80. The van der Waals surface area contributed by atoms with Crippen LogP contribution in [0, 0.1) is 5.82 Å². The van der Waals surface area contributed by atoms with Gasteiger partial charge in [-0.2, -0.15) is 5.10 Å². The number of fused-ring (bicyclic) bond motifs is 1. The van der Waals surface area contributed by atoms with Gasteiger partial charge in [0.1, 0.15) is 11.6 Å². The van der Waals surface area contributed by atoms with Crippen molar-refractivity contribution in [3.63, 3.8) is 0 Å². The van der Waals surface area contributed by atoms with E-state index in [4.69, 9.17) is 0 Å². The van der Waals surface area contributed by atoms with Crippen molar-refractivity contribution in [2.75, 3.05) is 5.32 Å². The molecule has 4 aromatic rings. The van der Waals surface area contributed by atoms with E-state index in [0.717, 1.165) is 11.1 Å². The third kappa shape index (κ3) is 3.36. The van der Waals surface area contributed by atoms with Gasteiger partial charge in [-0.25, -0.2) is 13.9 Å². The molecule has 0 unspecified atom stereocenters. The van der Waals surface area contributed by atoms with Crippen LogP contribution in [0.3, 0.4) is 0 Å². The molecule has 3 N–H and O–H groups in total. The molecule has 0 radical (unpaired) electrons. The number of aliphatic hydroxyl groups is 1. The number of hydrogen-bond acceptors (Lipinski definition) is 4. The number of carboxylic acids is 1. The Bertz CT molecular complexity index is 1320. The number of halogens is 1. The lowest BCUT2D eigenvalue weighted by Gasteiger charge is -2.44. The normalized spacial score (nSPS) is 21.5. The smallest absolute Gasteiger partial charge is 0.360 e. The summed E-state index contributed by atoms with van der Waals surface area (Å²) in [6, 6.07) is 23.9. The lowest BCUT2D eigenvalue weighted by atomic mass is 9.77. The highest BCUT2D eigenvalue weighted by atomic mass is 19.1. The lowest BCUT2D eigenvalue weighted by Crippen LogP contribution is -2.54. The second-order valence-corrected chi connectivity index (χ2v) is 8.40. The molecule has 0 spiro atoms. The van der Waals surface area contributed by atoms with E-state index in [9.17, 15) is 19.4 Å². The summed E-state index contributed by atoms with van der Waals surface area (Å²) in [7, 11) is 0. The number of carbonyl (C=O) groups is 1. The van der Waals surface area contributed by atoms with Gasteiger partial charge in [0.15, 0.2) is 0 Å². The molecule has 0 aliphatic carbocycles. The van der Waals surface area contributed by atoms with Crippen LogP contribution >= 0.6 is 0 Å². The summed E-state index contributed by atoms with van der Waals surface area (Å²) in [5, 5.41) is 30.5. The fourth-order valence-corrected chi connectivity index (χ4v) is 4.86. The van der Waals surface area contributed by atoms with Gasteiger partial charge in [-0.15, -0.1) is 0 Å². The summed E-state index contributed by atoms with van der Waals surface area (Å²) in [6.45, 7) is 1.94. The lowest BCUT2D eigenvalue weighted by molar-refractivity contribution is -0.179. The Morgan fingerprint density at radius 1 is 1.00 bits per heavy atom. The van der Waals surface area contributed by atoms with E-state index in [-0.39, 0.29) is 5.82 Å². The van der Waals surface area contributed by atoms with Crippen molar-refractivity contribution in [3.8, 4) is 11.3 Å². The standard InChI is InChI=1S/C27H24FN3O3/c1-2-21-23(19-13-15-20(28)16-14-19)30-31-25(21)29-24(18-11-7-4-8-12-18)22(27(31,34)26(32)33)17-9-5-3-6-10-17/h3-16,22,24,29,34H,2H2,1H3,(H,32,33)/t22-,24-,27-/m1/s1. The van der Waals surface area contributed by atoms with E-state index in [1.807, 2.05) is 67.6 Å². The Morgan fingerprint density at radius 3 is 2.15 bits per heavy atom. The van der Waals surface area contributed by atoms with Gasteiger partial charge in [-0.05, 0) is 41.8 Å². The first-order chi connectivity index (χ1) is 16.4. The zero-order chi connectivity index (χ0) is 23.9. The largest absolute Gasteiger partial charge is 0.478 e. The highest BCUT2D eigenvalue weighted by Gasteiger charge is 2.56. The van der Waals surface area contributed by atoms with Gasteiger partial charge in [0.2, 0.25) is 0 Å². The van der Waals surface area contributed by atoms with E-state index >= 15 is 0 Å². The topological polar surface area (TPSA) is 87.4 Å². The SMILES string of the molecule is CCc1c(-c2ccc(F)cc2)nn2c1N[C@H](c1ccccc1)[C@@H](c1ccccc1)[C@@]2(O)C(=O)O. The molecule has 5 rings (SSSR count). The molecule has 1 aromatic heterocycles. The molecule has 0 saturated heterocycles. The molecule has 6 nitrogen and oxygen atoms in total. The third-order valence-electron chi connectivity index (χ3n) is 6.47. The summed E-state index contributed by atoms with van der Waals surface area (Å²) in [4.78, 5) is 12.8. The average Bonchev–Trinajstić information content (AvgIpc) is 3.24. The van der Waals surface area contributed by atoms with Crippen LogP contribution in [-0.4, -0.2) is 26.0 Å². The van der Waals surface area contributed by atoms with Crippen molar-refractivity contribution in [2.24, 2.45) is 0 Å². The molecule has 0 fully saturated rings. The third-order valence-corrected chi connectivity index (χ3v) is 6.47. The van der Waals surface area contributed by atoms with Crippen LogP contribution in [0.25, 0.3) is 11.3 Å². The summed E-state index contributed by atoms with van der Waals surface area (Å²) < 4.78 is 14.7. The van der Waals surface area contributed by atoms with Crippen molar-refractivity contribution in [1.29, 1.82) is 0 Å². The number of aliphatic carboxylic acids is 1. The maximum absolute atomic E-state index is 13.6. The number of hydrogen-bond donors (Lipinski definition) is 3. The minimum absolute atomic E-state index is 0.376. The van der Waals surface area contributed by atoms with Crippen molar-refractivity contribution < 1.29 is 19.4 Å². The van der Waals surface area contributed by atoms with Gasteiger partial charge < -0.3 is 15.5 Å². The first-order valence-electron chi connectivity index (χ1n) is 11.2. The van der Waals surface area contributed by atoms with Crippen molar-refractivity contribution in [2.45, 2.75) is 31.0 Å². The van der Waals surface area contributed by atoms with Crippen LogP contribution in [0.5, 0.6) is 0 Å². The fraction of sp³-hybridized carbons (Fsp3) is 0.185. The molecule has 34 heavy (non-hydrogen) atoms. The number of rotatable bonds is 5. The van der Waals surface area contributed by atoms with E-state index < -0.39 is 23.7 Å². The fourth-order valence-electron chi connectivity index (χ4n) is 4.86. The van der Waals surface area contributed by atoms with Crippen molar-refractivity contribution in [1.82, 2.24) is 9.78 Å². The van der Waals surface area contributed by atoms with Crippen LogP contribution in [0.4, 0.5) is 10.2 Å². The molecule has 0 amide bonds. The molecule has 2 heterocycles. The van der Waals surface area contributed by atoms with Crippen LogP contribution in [-0.2, 0) is 16.9 Å². The number of benzene rings is 3. The van der Waals surface area contributed by atoms with Crippen LogP contribution in [0.15, 0.2) is 84.9 Å². The van der Waals surface area contributed by atoms with Crippen LogP contribution < -0.4 is 5.32 Å². The first-order valence-corrected chi connectivity index (χ1v) is 11.2. The number of aromatic nitrogens is 2. The molecular weight excluding hydrogens is 433 g/mol. The second kappa shape index (κ2) is 8.43. The van der Waals surface area contributed by atoms with Crippen molar-refractivity contribution in [3.05, 3.63) is 107 Å². The van der Waals surface area contributed by atoms with Crippen LogP contribution in [0.2, 0.25) is 0 Å². The maximum atomic E-state index is 13.6. The molecule has 3 aromatic carbocycles. The number of nitrogens with zero attached hydrogens (tertiary/aromatic N) is 2. The molecule has 1 aliphatic rings. The Balaban J connectivity index is 1.79. The summed E-state index contributed by atoms with van der Waals surface area (Å²) in [5.41, 5.74) is 1.03. The van der Waals surface area contributed by atoms with Gasteiger partial charge in [0.25, 0.3) is 5.72 Å². The minimum Gasteiger partial charge on any atom is -0.478 e. The molecule has 1 aliphatic heterocycles. The molecule has 0 bridgehead atoms. The molecule has 3 atom stereocenters. The van der Waals surface area contributed by atoms with Crippen LogP contribution in [0.1, 0.15) is 35.6 Å². The molecule has 172 valence electrons. The zero-order valence-corrected chi connectivity index (χ0v) is 18.5. The Kier molecular flexibility index (Phi) is 5.42. The van der Waals surface area contributed by atoms with E-state index in [0.29, 0.717) is 29.1 Å². The minimum atomic E-state index is -2.37.